The molecule has 0 saturated heterocycles. The van der Waals surface area contributed by atoms with Gasteiger partial charge >= 0.3 is 0 Å². The third-order valence-corrected chi connectivity index (χ3v) is 21.6. The molecule has 8 N–H and O–H groups in total. The van der Waals surface area contributed by atoms with Crippen LogP contribution < -0.4 is 61.5 Å². The van der Waals surface area contributed by atoms with Crippen molar-refractivity contribution in [2.75, 3.05) is 71.0 Å². The number of hydrogen-bond donors (Lipinski definition) is 8. The Morgan fingerprint density at radius 3 is 0.937 bits per heavy atom. The van der Waals surface area contributed by atoms with Crippen molar-refractivity contribution in [3.05, 3.63) is 158 Å². The molecule has 12 aromatic rings. The summed E-state index contributed by atoms with van der Waals surface area (Å²) in [6.07, 6.45) is 26.1. The number of nitrogens with one attached hydrogen (secondary N) is 8. The lowest BCUT2D eigenvalue weighted by Gasteiger charge is -2.17. The summed E-state index contributed by atoms with van der Waals surface area (Å²) in [6, 6.07) is 21.4. The zero-order chi connectivity index (χ0) is 89.3. The highest BCUT2D eigenvalue weighted by atomic mass is 16.5. The first kappa shape index (κ1) is 86.8. The standard InChI is InChI=1S/C24H26N6O3.C22H23N7O3.C22H24N6O3.C21H23N7O3/c1-13-9-16(13)24(32)28-20-10-19(17(11-25-20)21(31)14-7-8-14)27-18-6-4-5-15(22(18)33-3)23-26-12-30(2)29-23;1-29-11-25-20(28-29)14-7-8-23-21(19(14)32-2)26-16-9-17(27-22(31)13-5-6-13)24-10-15(16)18(30)12-3-4-12;1-4-18(29)15-11-23-19(26-22(30)13-8-9-13)10-17(15)25-16-7-5-6-14(20(16)31-3)21-24-12-28(2)27-21;1-4-16(29)14-10-23-17(26-21(30)12-5-6-12)9-15(14)25-20-18(31-3)13(7-8-22-20)19-24-11-28(2)27-19/h4-6,10-14,16H,7-9H2,1-3H3,(H2,25,27,28,32);7-13H,3-6H2,1-2H3,(H2,23,24,26,27,31);5-7,10-13H,4,8-9H2,1-3H3,(H2,23,25,26,30);7-12H,4-6H2,1-3H3,(H2,22,23,25,26,30)/t13-,16+;;;/m0.../s1. The lowest BCUT2D eigenvalue weighted by atomic mass is 10.1. The third-order valence-electron chi connectivity index (χ3n) is 21.6. The maximum Gasteiger partial charge on any atom is 0.228 e. The Morgan fingerprint density at radius 1 is 0.354 bits per heavy atom. The Kier molecular flexibility index (Phi) is 26.2. The summed E-state index contributed by atoms with van der Waals surface area (Å²) in [5.74, 6) is 6.75. The number of aromatic nitrogens is 18. The number of carbonyl (C=O) groups excluding carboxylic acids is 8. The Hall–Kier alpha value is -15.1. The number of carbonyl (C=O) groups is 8. The number of hydrogen-bond acceptors (Lipinski definition) is 30. The van der Waals surface area contributed by atoms with E-state index in [1.165, 1.54) is 25.7 Å². The number of rotatable bonds is 32. The molecular weight excluding hydrogens is 1630 g/mol. The van der Waals surface area contributed by atoms with Gasteiger partial charge in [0, 0.05) is 138 Å². The zero-order valence-corrected chi connectivity index (χ0v) is 71.9. The van der Waals surface area contributed by atoms with Crippen LogP contribution in [0.15, 0.2) is 135 Å². The highest BCUT2D eigenvalue weighted by Crippen LogP contribution is 2.46. The number of anilines is 12. The lowest BCUT2D eigenvalue weighted by molar-refractivity contribution is -0.118. The van der Waals surface area contributed by atoms with E-state index in [1.807, 2.05) is 36.4 Å². The van der Waals surface area contributed by atoms with E-state index in [0.717, 1.165) is 76.2 Å². The molecule has 38 heteroatoms. The SMILES string of the molecule is CCC(=O)c1cnc(NC(=O)C2CC2)cc1Nc1cccc(-c2ncn(C)n2)c1OC.CCC(=O)c1cnc(NC(=O)C2CC2)cc1Nc1nccc(-c2ncn(C)n2)c1OC.COc1c(-c2ncn(C)n2)ccnc1Nc1cc(NC(=O)C2CC2)ncc1C(=O)C1CC1.COc1c(Nc2cc(NC(=O)[C@@H]3C[C@@H]3C)ncc2C(=O)C2CC2)cccc1-c1ncn(C)n1. The fourth-order valence-corrected chi connectivity index (χ4v) is 13.8. The van der Waals surface area contributed by atoms with E-state index in [9.17, 15) is 38.4 Å². The minimum atomic E-state index is -0.0865. The summed E-state index contributed by atoms with van der Waals surface area (Å²) in [7, 11) is 13.4. The van der Waals surface area contributed by atoms with Crippen LogP contribution in [0, 0.1) is 41.4 Å². The number of pyridine rings is 6. The summed E-state index contributed by atoms with van der Waals surface area (Å²) >= 11 is 0. The van der Waals surface area contributed by atoms with Crippen LogP contribution in [0.1, 0.15) is 146 Å². The number of nitrogens with zero attached hydrogens (tertiary/aromatic N) is 18. The van der Waals surface area contributed by atoms with Gasteiger partial charge in [0.2, 0.25) is 23.6 Å². The van der Waals surface area contributed by atoms with Crippen molar-refractivity contribution in [3.8, 4) is 68.5 Å². The van der Waals surface area contributed by atoms with Gasteiger partial charge in [-0.1, -0.05) is 32.9 Å². The summed E-state index contributed by atoms with van der Waals surface area (Å²) in [5.41, 5.74) is 7.96. The lowest BCUT2D eigenvalue weighted by Crippen LogP contribution is -2.16. The first-order valence-corrected chi connectivity index (χ1v) is 41.8. The highest BCUT2D eigenvalue weighted by Gasteiger charge is 2.40. The smallest absolute Gasteiger partial charge is 0.228 e. The van der Waals surface area contributed by atoms with Crippen LogP contribution in [0.5, 0.6) is 23.0 Å². The normalized spacial score (nSPS) is 15.2. The van der Waals surface area contributed by atoms with Crippen LogP contribution >= 0.6 is 0 Å². The molecule has 2 atom stereocenters. The minimum Gasteiger partial charge on any atom is -0.494 e. The molecule has 6 fully saturated rings. The molecule has 10 aromatic heterocycles. The van der Waals surface area contributed by atoms with Crippen LogP contribution in [-0.4, -0.2) is 164 Å². The summed E-state index contributed by atoms with van der Waals surface area (Å²) in [6.45, 7) is 5.63. The average molecular weight is 1720 g/mol. The van der Waals surface area contributed by atoms with Crippen LogP contribution in [0.4, 0.5) is 69.0 Å². The van der Waals surface area contributed by atoms with Crippen molar-refractivity contribution in [3.63, 3.8) is 0 Å². The van der Waals surface area contributed by atoms with Crippen molar-refractivity contribution < 1.29 is 57.3 Å². The second-order valence-corrected chi connectivity index (χ2v) is 31.6. The van der Waals surface area contributed by atoms with E-state index < -0.39 is 0 Å². The van der Waals surface area contributed by atoms with E-state index >= 15 is 0 Å². The number of benzene rings is 2. The molecule has 0 bridgehead atoms. The average Bonchev–Trinajstić information content (AvgIpc) is 1.60. The molecule has 10 heterocycles. The Balaban J connectivity index is 0.000000131. The monoisotopic (exact) mass is 1720 g/mol. The minimum absolute atomic E-state index is 0.0168. The largest absolute Gasteiger partial charge is 0.494 e. The summed E-state index contributed by atoms with van der Waals surface area (Å²) < 4.78 is 29.0. The van der Waals surface area contributed by atoms with Gasteiger partial charge in [-0.3, -0.25) is 57.1 Å². The number of Topliss-reactive ketones (excluding diaryl/α,β-unsaturated/α-hetero) is 4. The van der Waals surface area contributed by atoms with Gasteiger partial charge < -0.3 is 61.5 Å². The summed E-state index contributed by atoms with van der Waals surface area (Å²) in [5, 5.41) is 41.8. The molecular formula is C89H96N26O12. The first-order chi connectivity index (χ1) is 61.5. The van der Waals surface area contributed by atoms with E-state index in [2.05, 4.69) is 120 Å². The van der Waals surface area contributed by atoms with E-state index in [-0.39, 0.29) is 82.3 Å². The molecule has 0 aliphatic heterocycles. The van der Waals surface area contributed by atoms with Crippen LogP contribution in [0.3, 0.4) is 0 Å². The zero-order valence-electron chi connectivity index (χ0n) is 71.9. The van der Waals surface area contributed by atoms with Crippen LogP contribution in [-0.2, 0) is 47.4 Å². The van der Waals surface area contributed by atoms with Crippen molar-refractivity contribution in [1.82, 2.24) is 89.0 Å². The van der Waals surface area contributed by atoms with Gasteiger partial charge in [-0.05, 0) is 113 Å². The number of methoxy groups -OCH3 is 4. The molecule has 4 amide bonds. The van der Waals surface area contributed by atoms with Gasteiger partial charge in [-0.15, -0.1) is 0 Å². The second-order valence-electron chi connectivity index (χ2n) is 31.6. The van der Waals surface area contributed by atoms with Crippen LogP contribution in [0.2, 0.25) is 0 Å². The molecule has 18 rings (SSSR count). The van der Waals surface area contributed by atoms with E-state index in [4.69, 9.17) is 18.9 Å². The van der Waals surface area contributed by atoms with Crippen molar-refractivity contribution in [2.45, 2.75) is 104 Å². The number of para-hydroxylation sites is 2. The molecule has 6 saturated carbocycles. The van der Waals surface area contributed by atoms with Crippen LogP contribution in [0.25, 0.3) is 45.6 Å². The van der Waals surface area contributed by atoms with Gasteiger partial charge in [-0.25, -0.2) is 49.8 Å². The number of amides is 4. The maximum atomic E-state index is 12.9. The summed E-state index contributed by atoms with van der Waals surface area (Å²) in [4.78, 5) is 143. The van der Waals surface area contributed by atoms with Gasteiger partial charge in [0.25, 0.3) is 0 Å². The predicted octanol–water partition coefficient (Wildman–Crippen LogP) is 13.3. The Bertz CT molecular complexity index is 6000. The second kappa shape index (κ2) is 38.3. The van der Waals surface area contributed by atoms with Gasteiger partial charge in [0.05, 0.1) is 107 Å². The van der Waals surface area contributed by atoms with Gasteiger partial charge in [0.1, 0.15) is 48.6 Å². The van der Waals surface area contributed by atoms with Crippen molar-refractivity contribution >= 4 is 116 Å². The fourth-order valence-electron chi connectivity index (χ4n) is 13.8. The molecule has 6 aliphatic carbocycles. The molecule has 127 heavy (non-hydrogen) atoms. The quantitative estimate of drug-likeness (QED) is 0.0182. The van der Waals surface area contributed by atoms with Crippen molar-refractivity contribution in [1.29, 1.82) is 0 Å². The highest BCUT2D eigenvalue weighted by molar-refractivity contribution is 6.08. The fraction of sp³-hybridized carbons (Fsp3) is 0.348. The molecule has 38 nitrogen and oxygen atoms in total. The molecule has 654 valence electrons. The third kappa shape index (κ3) is 21.0. The van der Waals surface area contributed by atoms with Crippen molar-refractivity contribution in [2.24, 2.45) is 69.6 Å². The number of aryl methyl sites for hydroxylation is 4. The first-order valence-electron chi connectivity index (χ1n) is 41.8. The number of ketones is 4. The van der Waals surface area contributed by atoms with E-state index in [1.54, 1.807) is 162 Å². The molecule has 0 unspecified atom stereocenters. The Labute approximate surface area is 729 Å². The van der Waals surface area contributed by atoms with Gasteiger partial charge in [0.15, 0.2) is 81.1 Å². The number of ether oxygens (including phenoxy) is 4. The molecule has 0 radical (unpaired) electrons. The molecule has 2 aromatic carbocycles. The molecule has 0 spiro atoms. The van der Waals surface area contributed by atoms with Gasteiger partial charge in [-0.2, -0.15) is 20.4 Å². The maximum absolute atomic E-state index is 12.9. The Morgan fingerprint density at radius 2 is 0.646 bits per heavy atom. The van der Waals surface area contributed by atoms with E-state index in [0.29, 0.717) is 173 Å². The topological polar surface area (TPSA) is 470 Å². The molecule has 6 aliphatic rings. The predicted molar refractivity (Wildman–Crippen MR) is 471 cm³/mol.